The molecule has 1 aromatic heterocycles. The quantitative estimate of drug-likeness (QED) is 0.231. The lowest BCUT2D eigenvalue weighted by atomic mass is 10.0. The van der Waals surface area contributed by atoms with Crippen LogP contribution in [0.1, 0.15) is 35.0 Å². The topological polar surface area (TPSA) is 98.7 Å². The number of carbonyl (C=O) groups excluding carboxylic acids is 1. The highest BCUT2D eigenvalue weighted by Crippen LogP contribution is 2.30. The number of halogens is 4. The summed E-state index contributed by atoms with van der Waals surface area (Å²) in [5.74, 6) is -1.50. The zero-order valence-electron chi connectivity index (χ0n) is 20.7. The number of aryl methyl sites for hydroxylation is 2. The van der Waals surface area contributed by atoms with Gasteiger partial charge in [-0.25, -0.2) is 4.39 Å². The first kappa shape index (κ1) is 28.3. The van der Waals surface area contributed by atoms with Gasteiger partial charge in [0.25, 0.3) is 5.91 Å². The number of rotatable bonds is 13. The van der Waals surface area contributed by atoms with Crippen molar-refractivity contribution in [2.24, 2.45) is 5.73 Å². The second kappa shape index (κ2) is 12.3. The predicted molar refractivity (Wildman–Crippen MR) is 132 cm³/mol. The second-order valence-corrected chi connectivity index (χ2v) is 8.86. The number of benzene rings is 2. The minimum Gasteiger partial charge on any atom is -0.488 e. The lowest BCUT2D eigenvalue weighted by Gasteiger charge is -2.17. The molecule has 0 spiro atoms. The minimum atomic E-state index is -4.53. The van der Waals surface area contributed by atoms with E-state index in [1.807, 2.05) is 30.5 Å². The molecule has 4 N–H and O–H groups in total. The number of aromatic nitrogens is 1. The van der Waals surface area contributed by atoms with Crippen LogP contribution in [0.4, 0.5) is 17.6 Å². The van der Waals surface area contributed by atoms with Crippen LogP contribution in [0.15, 0.2) is 36.4 Å². The second-order valence-electron chi connectivity index (χ2n) is 8.86. The molecule has 37 heavy (non-hydrogen) atoms. The molecule has 2 aromatic carbocycles. The molecule has 0 radical (unpaired) electrons. The summed E-state index contributed by atoms with van der Waals surface area (Å²) in [4.78, 5) is 12.2. The molecule has 0 saturated heterocycles. The standard InChI is InChI=1S/C26H31F4N3O4/c1-16(32-6-9-36-23-14-20(27)4-5-22(23)37-15-26(28,29)30)10-18-12-19-11-17(2)33(7-3-8-34)24(19)21(13-18)25(31)35/h4-5,11-14,16,32,34H,3,6-10,15H2,1-2H3,(H2,31,35). The van der Waals surface area contributed by atoms with E-state index in [-0.39, 0.29) is 30.8 Å². The fourth-order valence-electron chi connectivity index (χ4n) is 4.20. The van der Waals surface area contributed by atoms with Gasteiger partial charge >= 0.3 is 6.18 Å². The number of aliphatic hydroxyl groups excluding tert-OH is 1. The van der Waals surface area contributed by atoms with E-state index >= 15 is 0 Å². The van der Waals surface area contributed by atoms with Gasteiger partial charge in [0.1, 0.15) is 12.4 Å². The molecule has 0 aliphatic carbocycles. The molecule has 7 nitrogen and oxygen atoms in total. The Morgan fingerprint density at radius 3 is 2.59 bits per heavy atom. The molecule has 3 aromatic rings. The summed E-state index contributed by atoms with van der Waals surface area (Å²) in [6, 6.07) is 8.76. The number of hydrogen-bond acceptors (Lipinski definition) is 5. The van der Waals surface area contributed by atoms with Crippen molar-refractivity contribution in [3.8, 4) is 11.5 Å². The van der Waals surface area contributed by atoms with Gasteiger partial charge in [0.2, 0.25) is 0 Å². The highest BCUT2D eigenvalue weighted by molar-refractivity contribution is 6.05. The van der Waals surface area contributed by atoms with Gasteiger partial charge in [-0.3, -0.25) is 4.79 Å². The van der Waals surface area contributed by atoms with E-state index in [1.54, 1.807) is 6.07 Å². The third kappa shape index (κ3) is 7.83. The zero-order chi connectivity index (χ0) is 27.2. The summed E-state index contributed by atoms with van der Waals surface area (Å²) in [7, 11) is 0. The number of ether oxygens (including phenoxy) is 2. The van der Waals surface area contributed by atoms with E-state index in [1.165, 1.54) is 0 Å². The fourth-order valence-corrected chi connectivity index (χ4v) is 4.20. The van der Waals surface area contributed by atoms with Gasteiger partial charge in [0.05, 0.1) is 11.1 Å². The molecule has 0 aliphatic rings. The summed E-state index contributed by atoms with van der Waals surface area (Å²) in [5.41, 5.74) is 8.69. The van der Waals surface area contributed by atoms with Crippen LogP contribution in [0.3, 0.4) is 0 Å². The molecule has 3 rings (SSSR count). The van der Waals surface area contributed by atoms with Crippen LogP contribution < -0.4 is 20.5 Å². The third-order valence-corrected chi connectivity index (χ3v) is 5.76. The Hall–Kier alpha value is -3.31. The number of nitrogens with zero attached hydrogens (tertiary/aromatic N) is 1. The first-order chi connectivity index (χ1) is 17.5. The highest BCUT2D eigenvalue weighted by atomic mass is 19.4. The molecule has 0 bridgehead atoms. The monoisotopic (exact) mass is 525 g/mol. The van der Waals surface area contributed by atoms with Crippen LogP contribution >= 0.6 is 0 Å². The summed E-state index contributed by atoms with van der Waals surface area (Å²) >= 11 is 0. The van der Waals surface area contributed by atoms with Gasteiger partial charge in [0, 0.05) is 42.9 Å². The molecule has 0 saturated carbocycles. The van der Waals surface area contributed by atoms with E-state index < -0.39 is 24.5 Å². The molecule has 0 aliphatic heterocycles. The van der Waals surface area contributed by atoms with Crippen molar-refractivity contribution in [3.63, 3.8) is 0 Å². The summed E-state index contributed by atoms with van der Waals surface area (Å²) in [6.07, 6.45) is -3.41. The van der Waals surface area contributed by atoms with Gasteiger partial charge in [-0.2, -0.15) is 13.2 Å². The zero-order valence-corrected chi connectivity index (χ0v) is 20.7. The average Bonchev–Trinajstić information content (AvgIpc) is 3.13. The Kier molecular flexibility index (Phi) is 9.39. The number of amides is 1. The highest BCUT2D eigenvalue weighted by Gasteiger charge is 2.29. The van der Waals surface area contributed by atoms with E-state index in [4.69, 9.17) is 15.2 Å². The lowest BCUT2D eigenvalue weighted by Crippen LogP contribution is -2.32. The fraction of sp³-hybridized carbons (Fsp3) is 0.423. The SMILES string of the molecule is Cc1cc2cc(CC(C)NCCOc3cc(F)ccc3OCC(F)(F)F)cc(C(N)=O)c2n1CCCO. The van der Waals surface area contributed by atoms with Crippen molar-refractivity contribution in [3.05, 3.63) is 59.0 Å². The maximum absolute atomic E-state index is 13.6. The Morgan fingerprint density at radius 1 is 1.16 bits per heavy atom. The van der Waals surface area contributed by atoms with E-state index in [2.05, 4.69) is 5.32 Å². The summed E-state index contributed by atoms with van der Waals surface area (Å²) in [6.45, 7) is 3.36. The number of fused-ring (bicyclic) bond motifs is 1. The Labute approximate surface area is 212 Å². The van der Waals surface area contributed by atoms with Gasteiger partial charge in [0.15, 0.2) is 18.1 Å². The number of alkyl halides is 3. The van der Waals surface area contributed by atoms with Crippen molar-refractivity contribution in [2.75, 3.05) is 26.4 Å². The Bertz CT molecular complexity index is 1230. The largest absolute Gasteiger partial charge is 0.488 e. The van der Waals surface area contributed by atoms with Gasteiger partial charge in [-0.15, -0.1) is 0 Å². The van der Waals surface area contributed by atoms with Gasteiger partial charge < -0.3 is 30.2 Å². The smallest absolute Gasteiger partial charge is 0.422 e. The van der Waals surface area contributed by atoms with Crippen molar-refractivity contribution >= 4 is 16.8 Å². The molecule has 0 fully saturated rings. The summed E-state index contributed by atoms with van der Waals surface area (Å²) < 4.78 is 63.1. The predicted octanol–water partition coefficient (Wildman–Crippen LogP) is 4.11. The first-order valence-electron chi connectivity index (χ1n) is 11.9. The van der Waals surface area contributed by atoms with Crippen LogP contribution in [-0.4, -0.2) is 54.2 Å². The first-order valence-corrected chi connectivity index (χ1v) is 11.9. The maximum Gasteiger partial charge on any atom is 0.422 e. The third-order valence-electron chi connectivity index (χ3n) is 5.76. The molecular weight excluding hydrogens is 494 g/mol. The molecular formula is C26H31F4N3O4. The number of nitrogens with two attached hydrogens (primary N) is 1. The van der Waals surface area contributed by atoms with Crippen molar-refractivity contribution in [2.45, 2.75) is 45.5 Å². The number of aliphatic hydroxyl groups is 1. The molecule has 1 amide bonds. The van der Waals surface area contributed by atoms with Crippen LogP contribution in [0.5, 0.6) is 11.5 Å². The molecule has 202 valence electrons. The lowest BCUT2D eigenvalue weighted by molar-refractivity contribution is -0.153. The van der Waals surface area contributed by atoms with E-state index in [0.717, 1.165) is 40.4 Å². The van der Waals surface area contributed by atoms with Crippen LogP contribution in [0.25, 0.3) is 10.9 Å². The van der Waals surface area contributed by atoms with Crippen LogP contribution in [0.2, 0.25) is 0 Å². The average molecular weight is 526 g/mol. The van der Waals surface area contributed by atoms with Crippen molar-refractivity contribution in [1.29, 1.82) is 0 Å². The van der Waals surface area contributed by atoms with Crippen molar-refractivity contribution < 1.29 is 36.9 Å². The van der Waals surface area contributed by atoms with E-state index in [9.17, 15) is 27.5 Å². The van der Waals surface area contributed by atoms with E-state index in [0.29, 0.717) is 31.5 Å². The number of hydrogen-bond donors (Lipinski definition) is 3. The Morgan fingerprint density at radius 2 is 1.92 bits per heavy atom. The molecule has 1 unspecified atom stereocenters. The van der Waals surface area contributed by atoms with Crippen molar-refractivity contribution in [1.82, 2.24) is 9.88 Å². The number of carbonyl (C=O) groups is 1. The molecule has 11 heteroatoms. The minimum absolute atomic E-state index is 0.0388. The maximum atomic E-state index is 13.6. The van der Waals surface area contributed by atoms with Gasteiger partial charge in [-0.05, 0) is 62.6 Å². The van der Waals surface area contributed by atoms with Crippen LogP contribution in [-0.2, 0) is 13.0 Å². The molecule has 1 heterocycles. The number of nitrogens with one attached hydrogen (secondary N) is 1. The normalized spacial score (nSPS) is 12.6. The Balaban J connectivity index is 1.62. The van der Waals surface area contributed by atoms with Crippen LogP contribution in [0, 0.1) is 12.7 Å². The molecule has 1 atom stereocenters. The van der Waals surface area contributed by atoms with Gasteiger partial charge in [-0.1, -0.05) is 0 Å². The summed E-state index contributed by atoms with van der Waals surface area (Å²) in [5, 5.41) is 13.3. The number of primary amides is 1.